The SMILES string of the molecule is CN(C1CCC1)S(=O)(=O)c1cc(F)ccc1CO. The average molecular weight is 273 g/mol. The summed E-state index contributed by atoms with van der Waals surface area (Å²) in [5, 5.41) is 9.16. The van der Waals surface area contributed by atoms with Crippen LogP contribution in [0, 0.1) is 5.82 Å². The highest BCUT2D eigenvalue weighted by Gasteiger charge is 2.33. The highest BCUT2D eigenvalue weighted by molar-refractivity contribution is 7.89. The molecule has 0 saturated heterocycles. The molecule has 4 nitrogen and oxygen atoms in total. The minimum absolute atomic E-state index is 0.00943. The van der Waals surface area contributed by atoms with Crippen molar-refractivity contribution in [2.75, 3.05) is 7.05 Å². The van der Waals surface area contributed by atoms with E-state index in [2.05, 4.69) is 0 Å². The zero-order valence-corrected chi connectivity index (χ0v) is 11.0. The van der Waals surface area contributed by atoms with Crippen molar-refractivity contribution in [2.45, 2.75) is 36.8 Å². The molecule has 0 bridgehead atoms. The maximum atomic E-state index is 13.2. The standard InChI is InChI=1S/C12H16FNO3S/c1-14(11-3-2-4-11)18(16,17)12-7-10(13)6-5-9(12)8-15/h5-7,11,15H,2-4,8H2,1H3. The monoisotopic (exact) mass is 273 g/mol. The molecule has 1 aromatic carbocycles. The predicted octanol–water partition coefficient (Wildman–Crippen LogP) is 1.49. The summed E-state index contributed by atoms with van der Waals surface area (Å²) >= 11 is 0. The van der Waals surface area contributed by atoms with Crippen LogP contribution in [0.3, 0.4) is 0 Å². The number of nitrogens with zero attached hydrogens (tertiary/aromatic N) is 1. The van der Waals surface area contributed by atoms with Gasteiger partial charge in [0.15, 0.2) is 0 Å². The number of hydrogen-bond acceptors (Lipinski definition) is 3. The third kappa shape index (κ3) is 2.28. The molecule has 2 rings (SSSR count). The van der Waals surface area contributed by atoms with E-state index in [1.54, 1.807) is 0 Å². The molecule has 0 radical (unpaired) electrons. The van der Waals surface area contributed by atoms with E-state index in [1.165, 1.54) is 17.4 Å². The molecule has 1 N–H and O–H groups in total. The van der Waals surface area contributed by atoms with Crippen molar-refractivity contribution in [1.82, 2.24) is 4.31 Å². The van der Waals surface area contributed by atoms with E-state index < -0.39 is 22.4 Å². The van der Waals surface area contributed by atoms with Gasteiger partial charge in [-0.25, -0.2) is 12.8 Å². The first-order valence-corrected chi connectivity index (χ1v) is 7.28. The molecule has 0 amide bonds. The molecule has 1 fully saturated rings. The quantitative estimate of drug-likeness (QED) is 0.904. The summed E-state index contributed by atoms with van der Waals surface area (Å²) in [6, 6.07) is 3.41. The Morgan fingerprint density at radius 2 is 2.11 bits per heavy atom. The molecule has 6 heteroatoms. The molecule has 0 atom stereocenters. The van der Waals surface area contributed by atoms with E-state index in [1.807, 2.05) is 0 Å². The lowest BCUT2D eigenvalue weighted by Gasteiger charge is -2.34. The lowest BCUT2D eigenvalue weighted by Crippen LogP contribution is -2.41. The predicted molar refractivity (Wildman–Crippen MR) is 64.9 cm³/mol. The minimum Gasteiger partial charge on any atom is -0.392 e. The smallest absolute Gasteiger partial charge is 0.243 e. The molecule has 1 aromatic rings. The van der Waals surface area contributed by atoms with Crippen molar-refractivity contribution in [1.29, 1.82) is 0 Å². The summed E-state index contributed by atoms with van der Waals surface area (Å²) in [6.07, 6.45) is 2.68. The molecule has 0 aliphatic heterocycles. The maximum absolute atomic E-state index is 13.2. The topological polar surface area (TPSA) is 57.6 Å². The Hall–Kier alpha value is -0.980. The van der Waals surface area contributed by atoms with Gasteiger partial charge in [-0.3, -0.25) is 0 Å². The number of benzene rings is 1. The van der Waals surface area contributed by atoms with Crippen molar-refractivity contribution in [2.24, 2.45) is 0 Å². The highest BCUT2D eigenvalue weighted by Crippen LogP contribution is 2.30. The second kappa shape index (κ2) is 4.95. The van der Waals surface area contributed by atoms with Crippen molar-refractivity contribution in [3.8, 4) is 0 Å². The van der Waals surface area contributed by atoms with Gasteiger partial charge in [0.05, 0.1) is 11.5 Å². The highest BCUT2D eigenvalue weighted by atomic mass is 32.2. The second-order valence-corrected chi connectivity index (χ2v) is 6.48. The van der Waals surface area contributed by atoms with Crippen LogP contribution in [0.5, 0.6) is 0 Å². The molecule has 18 heavy (non-hydrogen) atoms. The number of hydrogen-bond donors (Lipinski definition) is 1. The van der Waals surface area contributed by atoms with Gasteiger partial charge < -0.3 is 5.11 Å². The fourth-order valence-electron chi connectivity index (χ4n) is 2.00. The normalized spacial score (nSPS) is 16.9. The van der Waals surface area contributed by atoms with Crippen LogP contribution in [0.25, 0.3) is 0 Å². The summed E-state index contributed by atoms with van der Waals surface area (Å²) in [5.74, 6) is -0.618. The van der Waals surface area contributed by atoms with Crippen LogP contribution >= 0.6 is 0 Å². The molecule has 0 unspecified atom stereocenters. The summed E-state index contributed by atoms with van der Waals surface area (Å²) in [4.78, 5) is -0.139. The van der Waals surface area contributed by atoms with E-state index >= 15 is 0 Å². The molecule has 1 saturated carbocycles. The molecule has 100 valence electrons. The minimum atomic E-state index is -3.73. The summed E-state index contributed by atoms with van der Waals surface area (Å²) < 4.78 is 39.2. The fraction of sp³-hybridized carbons (Fsp3) is 0.500. The summed E-state index contributed by atoms with van der Waals surface area (Å²) in [7, 11) is -2.23. The van der Waals surface area contributed by atoms with Crippen LogP contribution in [0.4, 0.5) is 4.39 Å². The Morgan fingerprint density at radius 1 is 1.44 bits per heavy atom. The first-order valence-electron chi connectivity index (χ1n) is 5.84. The molecule has 0 spiro atoms. The van der Waals surface area contributed by atoms with Crippen LogP contribution in [-0.4, -0.2) is 30.9 Å². The largest absolute Gasteiger partial charge is 0.392 e. The lowest BCUT2D eigenvalue weighted by atomic mass is 9.94. The van der Waals surface area contributed by atoms with Crippen LogP contribution in [0.15, 0.2) is 23.1 Å². The first kappa shape index (κ1) is 13.5. The molecule has 0 aromatic heterocycles. The Balaban J connectivity index is 2.42. The lowest BCUT2D eigenvalue weighted by molar-refractivity contribution is 0.248. The summed E-state index contributed by atoms with van der Waals surface area (Å²) in [5.41, 5.74) is 0.225. The van der Waals surface area contributed by atoms with Crippen LogP contribution < -0.4 is 0 Å². The average Bonchev–Trinajstić information content (AvgIpc) is 2.26. The third-order valence-corrected chi connectivity index (χ3v) is 5.44. The van der Waals surface area contributed by atoms with Gasteiger partial charge in [0.25, 0.3) is 0 Å². The summed E-state index contributed by atoms with van der Waals surface area (Å²) in [6.45, 7) is -0.423. The van der Waals surface area contributed by atoms with Gasteiger partial charge in [0.1, 0.15) is 5.82 Å². The van der Waals surface area contributed by atoms with Gasteiger partial charge in [-0.05, 0) is 30.5 Å². The Morgan fingerprint density at radius 3 is 2.61 bits per heavy atom. The maximum Gasteiger partial charge on any atom is 0.243 e. The molecular weight excluding hydrogens is 257 g/mol. The van der Waals surface area contributed by atoms with Gasteiger partial charge in [-0.15, -0.1) is 0 Å². The third-order valence-electron chi connectivity index (χ3n) is 3.45. The van der Waals surface area contributed by atoms with Crippen molar-refractivity contribution >= 4 is 10.0 Å². The van der Waals surface area contributed by atoms with Gasteiger partial charge in [-0.1, -0.05) is 12.5 Å². The fourth-order valence-corrected chi connectivity index (χ4v) is 3.64. The molecule has 1 aliphatic carbocycles. The van der Waals surface area contributed by atoms with Crippen LogP contribution in [0.2, 0.25) is 0 Å². The molecule has 1 aliphatic rings. The zero-order chi connectivity index (χ0) is 13.3. The number of rotatable bonds is 4. The number of aliphatic hydroxyl groups is 1. The van der Waals surface area contributed by atoms with E-state index in [9.17, 15) is 12.8 Å². The van der Waals surface area contributed by atoms with Crippen LogP contribution in [-0.2, 0) is 16.6 Å². The van der Waals surface area contributed by atoms with Gasteiger partial charge in [0, 0.05) is 13.1 Å². The second-order valence-electron chi connectivity index (χ2n) is 4.52. The first-order chi connectivity index (χ1) is 8.46. The zero-order valence-electron chi connectivity index (χ0n) is 10.1. The Kier molecular flexibility index (Phi) is 3.70. The Labute approximate surface area is 106 Å². The number of aliphatic hydroxyl groups excluding tert-OH is 1. The number of sulfonamides is 1. The van der Waals surface area contributed by atoms with E-state index in [4.69, 9.17) is 5.11 Å². The van der Waals surface area contributed by atoms with E-state index in [0.717, 1.165) is 31.4 Å². The Bertz CT molecular complexity index is 540. The van der Waals surface area contributed by atoms with Crippen molar-refractivity contribution in [3.05, 3.63) is 29.6 Å². The molecule has 0 heterocycles. The van der Waals surface area contributed by atoms with Crippen LogP contribution in [0.1, 0.15) is 24.8 Å². The van der Waals surface area contributed by atoms with Gasteiger partial charge >= 0.3 is 0 Å². The van der Waals surface area contributed by atoms with Crippen molar-refractivity contribution in [3.63, 3.8) is 0 Å². The van der Waals surface area contributed by atoms with Gasteiger partial charge in [-0.2, -0.15) is 4.31 Å². The van der Waals surface area contributed by atoms with Gasteiger partial charge in [0.2, 0.25) is 10.0 Å². The van der Waals surface area contributed by atoms with Crippen molar-refractivity contribution < 1.29 is 17.9 Å². The molecular formula is C12H16FNO3S. The van der Waals surface area contributed by atoms with E-state index in [-0.39, 0.29) is 16.5 Å². The number of halogens is 1. The van der Waals surface area contributed by atoms with E-state index in [0.29, 0.717) is 0 Å².